The van der Waals surface area contributed by atoms with Crippen molar-refractivity contribution in [2.75, 3.05) is 31.1 Å². The molecule has 1 N–H and O–H groups in total. The number of amides is 1. The van der Waals surface area contributed by atoms with Crippen LogP contribution in [0.1, 0.15) is 5.82 Å². The Hall–Kier alpha value is -3.80. The molecule has 0 saturated carbocycles. The number of nitrogens with zero attached hydrogens (tertiary/aromatic N) is 6. The molecule has 0 unspecified atom stereocenters. The average molecular weight is 392 g/mol. The van der Waals surface area contributed by atoms with Gasteiger partial charge in [-0.2, -0.15) is 5.26 Å². The molecule has 3 aromatic rings. The van der Waals surface area contributed by atoms with Gasteiger partial charge >= 0.3 is 6.09 Å². The van der Waals surface area contributed by atoms with Crippen LogP contribution in [0.3, 0.4) is 0 Å². The van der Waals surface area contributed by atoms with Crippen LogP contribution in [0, 0.1) is 17.1 Å². The molecular formula is C20H17FN6O2. The average Bonchev–Trinajstić information content (AvgIpc) is 2.74. The molecule has 0 aliphatic carbocycles. The predicted octanol–water partition coefficient (Wildman–Crippen LogP) is 2.70. The van der Waals surface area contributed by atoms with Gasteiger partial charge in [0.25, 0.3) is 0 Å². The highest BCUT2D eigenvalue weighted by Crippen LogP contribution is 2.27. The van der Waals surface area contributed by atoms with Crippen molar-refractivity contribution < 1.29 is 14.3 Å². The van der Waals surface area contributed by atoms with Crippen molar-refractivity contribution in [2.45, 2.75) is 6.42 Å². The van der Waals surface area contributed by atoms with Crippen LogP contribution in [0.15, 0.2) is 36.4 Å². The van der Waals surface area contributed by atoms with E-state index >= 15 is 0 Å². The van der Waals surface area contributed by atoms with E-state index in [1.165, 1.54) is 17.0 Å². The molecule has 1 aliphatic rings. The molecule has 0 atom stereocenters. The van der Waals surface area contributed by atoms with Gasteiger partial charge in [0.1, 0.15) is 17.2 Å². The summed E-state index contributed by atoms with van der Waals surface area (Å²) < 4.78 is 13.2. The second-order valence-electron chi connectivity index (χ2n) is 6.63. The van der Waals surface area contributed by atoms with E-state index in [4.69, 9.17) is 15.4 Å². The highest BCUT2D eigenvalue weighted by Gasteiger charge is 2.24. The molecule has 3 heterocycles. The zero-order valence-electron chi connectivity index (χ0n) is 15.4. The summed E-state index contributed by atoms with van der Waals surface area (Å²) in [7, 11) is 0. The fraction of sp³-hybridized carbons (Fsp3) is 0.250. The lowest BCUT2D eigenvalue weighted by atomic mass is 10.1. The monoisotopic (exact) mass is 392 g/mol. The lowest BCUT2D eigenvalue weighted by molar-refractivity contribution is 0.142. The summed E-state index contributed by atoms with van der Waals surface area (Å²) >= 11 is 0. The van der Waals surface area contributed by atoms with Crippen LogP contribution in [0.25, 0.3) is 22.3 Å². The number of pyridine rings is 1. The molecule has 2 aromatic heterocycles. The topological polar surface area (TPSA) is 106 Å². The van der Waals surface area contributed by atoms with Crippen LogP contribution in [-0.2, 0) is 6.42 Å². The number of halogens is 1. The standard InChI is InChI=1S/C20H17FN6O2/c21-14-3-1-13(2-4-14)15-5-6-16-18(24-15)19(25-17(23-16)7-8-22)26-9-11-27(12-10-26)20(28)29/h1-6H,7,9-12H2,(H,28,29). The Morgan fingerprint density at radius 1 is 1.07 bits per heavy atom. The summed E-state index contributed by atoms with van der Waals surface area (Å²) in [4.78, 5) is 28.2. The number of benzene rings is 1. The van der Waals surface area contributed by atoms with Gasteiger partial charge in [0.15, 0.2) is 5.82 Å². The Morgan fingerprint density at radius 3 is 2.45 bits per heavy atom. The van der Waals surface area contributed by atoms with E-state index < -0.39 is 6.09 Å². The molecule has 29 heavy (non-hydrogen) atoms. The number of hydrogen-bond donors (Lipinski definition) is 1. The number of carbonyl (C=O) groups is 1. The Kier molecular flexibility index (Phi) is 4.91. The van der Waals surface area contributed by atoms with Gasteiger partial charge in [0, 0.05) is 31.7 Å². The quantitative estimate of drug-likeness (QED) is 0.730. The third-order valence-corrected chi connectivity index (χ3v) is 4.80. The first-order valence-corrected chi connectivity index (χ1v) is 9.08. The minimum Gasteiger partial charge on any atom is -0.465 e. The van der Waals surface area contributed by atoms with Gasteiger partial charge in [-0.05, 0) is 36.4 Å². The number of piperazine rings is 1. The molecule has 9 heteroatoms. The van der Waals surface area contributed by atoms with E-state index in [0.717, 1.165) is 5.56 Å². The van der Waals surface area contributed by atoms with Crippen molar-refractivity contribution in [3.05, 3.63) is 48.0 Å². The molecule has 1 aromatic carbocycles. The lowest BCUT2D eigenvalue weighted by Gasteiger charge is -2.34. The SMILES string of the molecule is N#CCc1nc(N2CCN(C(=O)O)CC2)c2nc(-c3ccc(F)cc3)ccc2n1. The second-order valence-corrected chi connectivity index (χ2v) is 6.63. The summed E-state index contributed by atoms with van der Waals surface area (Å²) in [5, 5.41) is 18.2. The fourth-order valence-corrected chi connectivity index (χ4v) is 3.31. The van der Waals surface area contributed by atoms with Crippen LogP contribution in [0.5, 0.6) is 0 Å². The minimum atomic E-state index is -0.945. The molecule has 1 fully saturated rings. The first-order valence-electron chi connectivity index (χ1n) is 9.08. The van der Waals surface area contributed by atoms with Crippen LogP contribution < -0.4 is 4.90 Å². The van der Waals surface area contributed by atoms with Crippen LogP contribution in [0.4, 0.5) is 15.0 Å². The maximum atomic E-state index is 13.2. The Labute approximate surface area is 165 Å². The Bertz CT molecular complexity index is 1100. The van der Waals surface area contributed by atoms with Crippen LogP contribution in [-0.4, -0.2) is 57.2 Å². The second kappa shape index (κ2) is 7.67. The van der Waals surface area contributed by atoms with E-state index in [0.29, 0.717) is 54.5 Å². The summed E-state index contributed by atoms with van der Waals surface area (Å²) in [6.45, 7) is 1.64. The number of nitriles is 1. The van der Waals surface area contributed by atoms with Crippen molar-refractivity contribution in [2.24, 2.45) is 0 Å². The normalized spacial score (nSPS) is 14.1. The van der Waals surface area contributed by atoms with Crippen molar-refractivity contribution in [3.8, 4) is 17.3 Å². The summed E-state index contributed by atoms with van der Waals surface area (Å²) in [5.74, 6) is 0.650. The summed E-state index contributed by atoms with van der Waals surface area (Å²) in [5.41, 5.74) is 2.58. The van der Waals surface area contributed by atoms with Gasteiger partial charge in [-0.3, -0.25) is 0 Å². The number of fused-ring (bicyclic) bond motifs is 1. The van der Waals surface area contributed by atoms with Gasteiger partial charge in [-0.15, -0.1) is 0 Å². The van der Waals surface area contributed by atoms with Crippen molar-refractivity contribution in [3.63, 3.8) is 0 Å². The van der Waals surface area contributed by atoms with E-state index in [-0.39, 0.29) is 12.2 Å². The summed E-state index contributed by atoms with van der Waals surface area (Å²) in [6.07, 6.45) is -0.878. The predicted molar refractivity (Wildman–Crippen MR) is 104 cm³/mol. The minimum absolute atomic E-state index is 0.0672. The van der Waals surface area contributed by atoms with Crippen molar-refractivity contribution >= 4 is 22.9 Å². The maximum Gasteiger partial charge on any atom is 0.407 e. The zero-order chi connectivity index (χ0) is 20.4. The van der Waals surface area contributed by atoms with E-state index in [9.17, 15) is 9.18 Å². The van der Waals surface area contributed by atoms with Gasteiger partial charge in [-0.25, -0.2) is 24.1 Å². The Morgan fingerprint density at radius 2 is 1.79 bits per heavy atom. The molecule has 0 bridgehead atoms. The third-order valence-electron chi connectivity index (χ3n) is 4.80. The lowest BCUT2D eigenvalue weighted by Crippen LogP contribution is -2.48. The fourth-order valence-electron chi connectivity index (χ4n) is 3.31. The van der Waals surface area contributed by atoms with Gasteiger partial charge in [-0.1, -0.05) is 0 Å². The number of anilines is 1. The van der Waals surface area contributed by atoms with Crippen LogP contribution >= 0.6 is 0 Å². The van der Waals surface area contributed by atoms with E-state index in [2.05, 4.69) is 16.0 Å². The molecule has 1 aliphatic heterocycles. The maximum absolute atomic E-state index is 13.2. The summed E-state index contributed by atoms with van der Waals surface area (Å²) in [6, 6.07) is 11.7. The molecular weight excluding hydrogens is 375 g/mol. The van der Waals surface area contributed by atoms with Gasteiger partial charge in [0.05, 0.1) is 23.7 Å². The molecule has 0 radical (unpaired) electrons. The molecule has 1 saturated heterocycles. The molecule has 146 valence electrons. The number of carboxylic acid groups (broad SMARTS) is 1. The molecule has 1 amide bonds. The molecule has 4 rings (SSSR count). The van der Waals surface area contributed by atoms with E-state index in [1.807, 2.05) is 4.90 Å². The highest BCUT2D eigenvalue weighted by atomic mass is 19.1. The number of hydrogen-bond acceptors (Lipinski definition) is 6. The van der Waals surface area contributed by atoms with Crippen molar-refractivity contribution in [1.82, 2.24) is 19.9 Å². The number of rotatable bonds is 3. The van der Waals surface area contributed by atoms with Gasteiger partial charge < -0.3 is 14.9 Å². The smallest absolute Gasteiger partial charge is 0.407 e. The molecule has 0 spiro atoms. The number of aromatic nitrogens is 3. The van der Waals surface area contributed by atoms with Crippen molar-refractivity contribution in [1.29, 1.82) is 5.26 Å². The van der Waals surface area contributed by atoms with Crippen LogP contribution in [0.2, 0.25) is 0 Å². The van der Waals surface area contributed by atoms with Gasteiger partial charge in [0.2, 0.25) is 0 Å². The first kappa shape index (κ1) is 18.6. The first-order chi connectivity index (χ1) is 14.0. The zero-order valence-corrected chi connectivity index (χ0v) is 15.4. The largest absolute Gasteiger partial charge is 0.465 e. The van der Waals surface area contributed by atoms with E-state index in [1.54, 1.807) is 24.3 Å². The molecule has 8 nitrogen and oxygen atoms in total. The third kappa shape index (κ3) is 3.78. The highest BCUT2D eigenvalue weighted by molar-refractivity contribution is 5.88. The Balaban J connectivity index is 1.77.